The first-order valence-corrected chi connectivity index (χ1v) is 17.5. The zero-order valence-corrected chi connectivity index (χ0v) is 29.1. The summed E-state index contributed by atoms with van der Waals surface area (Å²) in [5, 5.41) is 3.18. The number of aromatic nitrogens is 3. The molecule has 0 spiro atoms. The number of hydrogen-bond donors (Lipinski definition) is 2. The lowest BCUT2D eigenvalue weighted by atomic mass is 9.90. The van der Waals surface area contributed by atoms with Crippen molar-refractivity contribution < 1.29 is 14.3 Å². The fourth-order valence-electron chi connectivity index (χ4n) is 8.23. The lowest BCUT2D eigenvalue weighted by Crippen LogP contribution is -2.59. The van der Waals surface area contributed by atoms with Crippen LogP contribution in [-0.4, -0.2) is 82.7 Å². The highest BCUT2D eigenvalue weighted by molar-refractivity contribution is 6.09. The third-order valence-electron chi connectivity index (χ3n) is 10.9. The summed E-state index contributed by atoms with van der Waals surface area (Å²) in [5.74, 6) is -0.0156. The van der Waals surface area contributed by atoms with Crippen molar-refractivity contribution in [3.05, 3.63) is 81.5 Å². The summed E-state index contributed by atoms with van der Waals surface area (Å²) < 4.78 is 9.00. The molecule has 50 heavy (non-hydrogen) atoms. The van der Waals surface area contributed by atoms with E-state index in [9.17, 15) is 14.4 Å². The Balaban J connectivity index is 1.05. The van der Waals surface area contributed by atoms with Crippen molar-refractivity contribution in [2.24, 2.45) is 12.5 Å². The molecule has 4 aliphatic rings. The lowest BCUT2D eigenvalue weighted by molar-refractivity contribution is -0.0691. The molecule has 0 saturated carbocycles. The van der Waals surface area contributed by atoms with Crippen LogP contribution in [0.15, 0.2) is 53.5 Å². The summed E-state index contributed by atoms with van der Waals surface area (Å²) in [6.07, 6.45) is 4.28. The molecule has 12 nitrogen and oxygen atoms in total. The summed E-state index contributed by atoms with van der Waals surface area (Å²) in [6.45, 7) is 12.2. The average molecular weight is 677 g/mol. The minimum atomic E-state index is -0.326. The summed E-state index contributed by atoms with van der Waals surface area (Å²) in [7, 11) is 1.65. The van der Waals surface area contributed by atoms with Gasteiger partial charge in [0.05, 0.1) is 42.0 Å². The van der Waals surface area contributed by atoms with Crippen LogP contribution in [0.5, 0.6) is 0 Å². The number of rotatable bonds is 7. The molecular weight excluding hydrogens is 632 g/mol. The van der Waals surface area contributed by atoms with E-state index in [1.54, 1.807) is 30.3 Å². The van der Waals surface area contributed by atoms with E-state index in [2.05, 4.69) is 40.5 Å². The summed E-state index contributed by atoms with van der Waals surface area (Å²) in [4.78, 5) is 51.1. The van der Waals surface area contributed by atoms with E-state index in [0.29, 0.717) is 58.7 Å². The van der Waals surface area contributed by atoms with Gasteiger partial charge in [0.1, 0.15) is 5.69 Å². The van der Waals surface area contributed by atoms with E-state index in [1.807, 2.05) is 30.3 Å². The zero-order valence-electron chi connectivity index (χ0n) is 29.1. The van der Waals surface area contributed by atoms with Crippen LogP contribution in [0.4, 0.5) is 28.6 Å². The fraction of sp³-hybridized carbons (Fsp3) is 0.421. The van der Waals surface area contributed by atoms with Crippen molar-refractivity contribution in [2.45, 2.75) is 52.2 Å². The summed E-state index contributed by atoms with van der Waals surface area (Å²) in [5.41, 5.74) is 13.7. The number of nitrogens with two attached hydrogens (primary N) is 1. The highest BCUT2D eigenvalue weighted by atomic mass is 16.5. The quantitative estimate of drug-likeness (QED) is 0.220. The third kappa shape index (κ3) is 5.47. The minimum Gasteiger partial charge on any atom is -0.397 e. The van der Waals surface area contributed by atoms with Gasteiger partial charge in [-0.2, -0.15) is 0 Å². The van der Waals surface area contributed by atoms with Crippen LogP contribution in [0.25, 0.3) is 11.3 Å². The number of aldehydes is 1. The Morgan fingerprint density at radius 3 is 2.56 bits per heavy atom. The third-order valence-corrected chi connectivity index (χ3v) is 10.9. The lowest BCUT2D eigenvalue weighted by Gasteiger charge is -2.46. The van der Waals surface area contributed by atoms with Crippen LogP contribution >= 0.6 is 0 Å². The predicted octanol–water partition coefficient (Wildman–Crippen LogP) is 4.08. The monoisotopic (exact) mass is 676 g/mol. The van der Waals surface area contributed by atoms with Gasteiger partial charge in [-0.05, 0) is 61.1 Å². The van der Waals surface area contributed by atoms with Gasteiger partial charge in [-0.25, -0.2) is 4.98 Å². The van der Waals surface area contributed by atoms with Gasteiger partial charge in [-0.3, -0.25) is 19.3 Å². The smallest absolute Gasteiger partial charge is 0.293 e. The molecule has 0 radical (unpaired) electrons. The van der Waals surface area contributed by atoms with Crippen LogP contribution < -0.4 is 26.4 Å². The Morgan fingerprint density at radius 1 is 1.02 bits per heavy atom. The molecule has 12 heteroatoms. The molecule has 2 fully saturated rings. The molecule has 5 heterocycles. The van der Waals surface area contributed by atoms with Crippen LogP contribution in [-0.2, 0) is 31.2 Å². The van der Waals surface area contributed by atoms with Crippen molar-refractivity contribution in [3.8, 4) is 11.3 Å². The van der Waals surface area contributed by atoms with Gasteiger partial charge in [0.25, 0.3) is 11.5 Å². The number of fused-ring (bicyclic) bond motifs is 3. The van der Waals surface area contributed by atoms with E-state index >= 15 is 0 Å². The van der Waals surface area contributed by atoms with Gasteiger partial charge in [0, 0.05) is 74.5 Å². The number of anilines is 5. The Morgan fingerprint density at radius 2 is 1.84 bits per heavy atom. The molecule has 8 rings (SSSR count). The first kappa shape index (κ1) is 32.3. The molecule has 1 atom stereocenters. The summed E-state index contributed by atoms with van der Waals surface area (Å²) >= 11 is 0. The maximum absolute atomic E-state index is 13.9. The molecule has 2 aromatic carbocycles. The Labute approximate surface area is 291 Å². The molecular formula is C38H44N8O4. The van der Waals surface area contributed by atoms with Crippen molar-refractivity contribution in [1.82, 2.24) is 19.0 Å². The van der Waals surface area contributed by atoms with Crippen LogP contribution in [0.3, 0.4) is 0 Å². The minimum absolute atomic E-state index is 0.105. The molecule has 1 amide bonds. The number of carbonyl (C=O) groups excluding carboxylic acids is 2. The number of benzene rings is 2. The number of ether oxygens (including phenoxy) is 1. The average Bonchev–Trinajstić information content (AvgIpc) is 3.55. The number of nitrogen functional groups attached to an aromatic ring is 1. The van der Waals surface area contributed by atoms with E-state index in [-0.39, 0.29) is 28.7 Å². The second kappa shape index (κ2) is 12.1. The van der Waals surface area contributed by atoms with Crippen molar-refractivity contribution in [2.75, 3.05) is 60.2 Å². The number of amides is 1. The SMILES string of the molecule is C[C@H]1CN(C2COC2)CCN1c1ccc(Nc2nc(-c3cccc(N4CCn5c(cc6c5CC(C)(C)C6)C4=O)c3C=O)cn(C)c2=O)cc1N. The Kier molecular flexibility index (Phi) is 7.83. The molecule has 2 saturated heterocycles. The highest BCUT2D eigenvalue weighted by Gasteiger charge is 2.37. The maximum Gasteiger partial charge on any atom is 0.293 e. The molecule has 3 aliphatic heterocycles. The predicted molar refractivity (Wildman–Crippen MR) is 195 cm³/mol. The standard InChI is InChI=1S/C38H44N8O4/c1-23-18-43(26-21-50-22-26)10-11-44(23)32-9-8-25(15-29(32)39)40-35-37(49)42(4)19-30(41-35)27-6-5-7-31(28(27)20-47)46-13-12-45-33(36(46)48)14-24-16-38(2,3)17-34(24)45/h5-9,14-15,19-20,23,26H,10-13,16-18,21-22,39H2,1-4H3,(H,40,41)/t23-/m0/s1. The van der Waals surface area contributed by atoms with Gasteiger partial charge in [-0.1, -0.05) is 26.0 Å². The van der Waals surface area contributed by atoms with Crippen molar-refractivity contribution in [3.63, 3.8) is 0 Å². The maximum atomic E-state index is 13.9. The van der Waals surface area contributed by atoms with Crippen LogP contribution in [0.2, 0.25) is 0 Å². The van der Waals surface area contributed by atoms with Crippen LogP contribution in [0, 0.1) is 5.41 Å². The van der Waals surface area contributed by atoms with Gasteiger partial charge < -0.3 is 34.7 Å². The molecule has 3 N–H and O–H groups in total. The topological polar surface area (TPSA) is 131 Å². The van der Waals surface area contributed by atoms with Gasteiger partial charge in [-0.15, -0.1) is 0 Å². The Hall–Kier alpha value is -4.94. The van der Waals surface area contributed by atoms with E-state index in [1.165, 1.54) is 15.8 Å². The first-order valence-electron chi connectivity index (χ1n) is 17.5. The molecule has 260 valence electrons. The number of nitrogens with one attached hydrogen (secondary N) is 1. The second-order valence-corrected chi connectivity index (χ2v) is 15.0. The number of nitrogens with zero attached hydrogens (tertiary/aromatic N) is 6. The molecule has 0 unspecified atom stereocenters. The molecule has 1 aliphatic carbocycles. The molecule has 0 bridgehead atoms. The number of hydrogen-bond acceptors (Lipinski definition) is 9. The van der Waals surface area contributed by atoms with Gasteiger partial charge in [0.2, 0.25) is 0 Å². The van der Waals surface area contributed by atoms with E-state index in [4.69, 9.17) is 15.5 Å². The summed E-state index contributed by atoms with van der Waals surface area (Å²) in [6, 6.07) is 14.0. The number of aryl methyl sites for hydroxylation is 1. The molecule has 4 aromatic rings. The van der Waals surface area contributed by atoms with Gasteiger partial charge in [0.15, 0.2) is 12.1 Å². The van der Waals surface area contributed by atoms with E-state index in [0.717, 1.165) is 57.7 Å². The number of carbonyl (C=O) groups is 2. The number of piperazine rings is 1. The van der Waals surface area contributed by atoms with Crippen molar-refractivity contribution >= 4 is 40.8 Å². The zero-order chi connectivity index (χ0) is 34.9. The highest BCUT2D eigenvalue weighted by Crippen LogP contribution is 2.40. The van der Waals surface area contributed by atoms with Gasteiger partial charge >= 0.3 is 0 Å². The largest absolute Gasteiger partial charge is 0.397 e. The first-order chi connectivity index (χ1) is 24.0. The Bertz CT molecular complexity index is 2080. The van der Waals surface area contributed by atoms with Crippen molar-refractivity contribution in [1.29, 1.82) is 0 Å². The second-order valence-electron chi connectivity index (χ2n) is 15.0. The fourth-order valence-corrected chi connectivity index (χ4v) is 8.23. The van der Waals surface area contributed by atoms with Crippen LogP contribution in [0.1, 0.15) is 52.9 Å². The van der Waals surface area contributed by atoms with E-state index < -0.39 is 0 Å². The molecule has 2 aromatic heterocycles. The normalized spacial score (nSPS) is 20.4.